The highest BCUT2D eigenvalue weighted by molar-refractivity contribution is 5.79. The van der Waals surface area contributed by atoms with E-state index < -0.39 is 11.7 Å². The van der Waals surface area contributed by atoms with Crippen molar-refractivity contribution in [2.24, 2.45) is 11.7 Å². The summed E-state index contributed by atoms with van der Waals surface area (Å²) in [7, 11) is 0. The summed E-state index contributed by atoms with van der Waals surface area (Å²) in [5.41, 5.74) is 5.78. The van der Waals surface area contributed by atoms with Crippen LogP contribution in [0.25, 0.3) is 0 Å². The molecule has 1 amide bonds. The molecule has 0 spiro atoms. The molecule has 2 N–H and O–H groups in total. The smallest absolute Gasteiger partial charge is 0.371 e. The van der Waals surface area contributed by atoms with Gasteiger partial charge in [-0.25, -0.2) is 0 Å². The summed E-state index contributed by atoms with van der Waals surface area (Å²) in [4.78, 5) is 16.2. The van der Waals surface area contributed by atoms with E-state index in [9.17, 15) is 18.0 Å². The van der Waals surface area contributed by atoms with Gasteiger partial charge < -0.3 is 15.5 Å². The lowest BCUT2D eigenvalue weighted by atomic mass is 9.95. The molecule has 0 aliphatic carbocycles. The number of alkyl halides is 3. The van der Waals surface area contributed by atoms with Crippen LogP contribution < -0.4 is 10.6 Å². The van der Waals surface area contributed by atoms with Crippen LogP contribution in [0.3, 0.4) is 0 Å². The van der Waals surface area contributed by atoms with Crippen LogP contribution in [-0.2, 0) is 11.0 Å². The highest BCUT2D eigenvalue weighted by atomic mass is 19.4. The van der Waals surface area contributed by atoms with Crippen LogP contribution in [0.15, 0.2) is 24.3 Å². The minimum atomic E-state index is -4.33. The highest BCUT2D eigenvalue weighted by Gasteiger charge is 2.33. The Morgan fingerprint density at radius 2 is 1.83 bits per heavy atom. The van der Waals surface area contributed by atoms with Crippen LogP contribution in [0, 0.1) is 5.92 Å². The molecule has 1 aromatic rings. The molecule has 24 heavy (non-hydrogen) atoms. The zero-order valence-electron chi connectivity index (χ0n) is 13.4. The number of carbonyl (C=O) groups is 1. The number of hydrogen-bond acceptors (Lipinski definition) is 3. The largest absolute Gasteiger partial charge is 0.416 e. The van der Waals surface area contributed by atoms with Gasteiger partial charge in [0.2, 0.25) is 5.91 Å². The second kappa shape index (κ2) is 6.63. The Labute approximate surface area is 139 Å². The van der Waals surface area contributed by atoms with Crippen LogP contribution >= 0.6 is 0 Å². The second-order valence-electron chi connectivity index (χ2n) is 6.64. The van der Waals surface area contributed by atoms with Gasteiger partial charge in [0.15, 0.2) is 0 Å². The van der Waals surface area contributed by atoms with Crippen molar-refractivity contribution in [2.75, 3.05) is 31.1 Å². The second-order valence-corrected chi connectivity index (χ2v) is 6.64. The summed E-state index contributed by atoms with van der Waals surface area (Å²) < 4.78 is 38.5. The molecule has 1 unspecified atom stereocenters. The van der Waals surface area contributed by atoms with E-state index in [1.807, 2.05) is 9.80 Å². The van der Waals surface area contributed by atoms with Crippen molar-refractivity contribution in [3.8, 4) is 0 Å². The number of nitrogens with two attached hydrogens (primary N) is 1. The number of halogens is 3. The average Bonchev–Trinajstić information content (AvgIpc) is 3.00. The third kappa shape index (κ3) is 3.66. The predicted molar refractivity (Wildman–Crippen MR) is 85.6 cm³/mol. The fourth-order valence-electron chi connectivity index (χ4n) is 3.51. The summed E-state index contributed by atoms with van der Waals surface area (Å²) in [5, 5.41) is 0. The van der Waals surface area contributed by atoms with Gasteiger partial charge in [0.1, 0.15) is 0 Å². The molecule has 2 saturated heterocycles. The van der Waals surface area contributed by atoms with Gasteiger partial charge in [-0.3, -0.25) is 4.79 Å². The molecule has 7 heteroatoms. The van der Waals surface area contributed by atoms with Crippen LogP contribution in [0.1, 0.15) is 24.8 Å². The van der Waals surface area contributed by atoms with Gasteiger partial charge in [0.05, 0.1) is 5.56 Å². The Kier molecular flexibility index (Phi) is 4.71. The van der Waals surface area contributed by atoms with Crippen molar-refractivity contribution in [1.82, 2.24) is 4.90 Å². The molecule has 0 radical (unpaired) electrons. The number of nitrogens with zero attached hydrogens (tertiary/aromatic N) is 2. The number of amides is 1. The molecule has 1 atom stereocenters. The molecular weight excluding hydrogens is 319 g/mol. The number of likely N-dealkylation sites (tertiary alicyclic amines) is 1. The Morgan fingerprint density at radius 1 is 1.12 bits per heavy atom. The Bertz CT molecular complexity index is 597. The topological polar surface area (TPSA) is 49.6 Å². The average molecular weight is 341 g/mol. The Balaban J connectivity index is 1.60. The molecule has 2 heterocycles. The molecule has 2 fully saturated rings. The molecule has 4 nitrogen and oxygen atoms in total. The molecular formula is C17H22F3N3O. The van der Waals surface area contributed by atoms with Crippen molar-refractivity contribution >= 4 is 11.6 Å². The fraction of sp³-hybridized carbons (Fsp3) is 0.588. The van der Waals surface area contributed by atoms with E-state index in [0.29, 0.717) is 44.7 Å². The maximum atomic E-state index is 12.8. The van der Waals surface area contributed by atoms with Gasteiger partial charge in [-0.1, -0.05) is 6.07 Å². The number of anilines is 1. The normalized spacial score (nSPS) is 22.9. The van der Waals surface area contributed by atoms with E-state index >= 15 is 0 Å². The van der Waals surface area contributed by atoms with Gasteiger partial charge in [0, 0.05) is 43.8 Å². The Morgan fingerprint density at radius 3 is 2.42 bits per heavy atom. The zero-order chi connectivity index (χ0) is 17.3. The molecule has 0 aromatic heterocycles. The predicted octanol–water partition coefficient (Wildman–Crippen LogP) is 2.48. The first kappa shape index (κ1) is 17.1. The van der Waals surface area contributed by atoms with Crippen molar-refractivity contribution in [3.63, 3.8) is 0 Å². The summed E-state index contributed by atoms with van der Waals surface area (Å²) in [5.74, 6) is 0.101. The van der Waals surface area contributed by atoms with Crippen molar-refractivity contribution in [2.45, 2.75) is 31.5 Å². The van der Waals surface area contributed by atoms with Gasteiger partial charge in [0.25, 0.3) is 0 Å². The molecule has 2 aliphatic heterocycles. The van der Waals surface area contributed by atoms with Gasteiger partial charge in [-0.2, -0.15) is 13.2 Å². The maximum absolute atomic E-state index is 12.8. The third-order valence-corrected chi connectivity index (χ3v) is 4.92. The van der Waals surface area contributed by atoms with E-state index in [-0.39, 0.29) is 17.9 Å². The van der Waals surface area contributed by atoms with E-state index in [1.54, 1.807) is 6.07 Å². The van der Waals surface area contributed by atoms with E-state index in [2.05, 4.69) is 0 Å². The lowest BCUT2D eigenvalue weighted by Gasteiger charge is -2.34. The van der Waals surface area contributed by atoms with E-state index in [4.69, 9.17) is 5.73 Å². The number of carbonyl (C=O) groups excluding carboxylic acids is 1. The van der Waals surface area contributed by atoms with Crippen LogP contribution in [-0.4, -0.2) is 43.0 Å². The summed E-state index contributed by atoms with van der Waals surface area (Å²) >= 11 is 0. The summed E-state index contributed by atoms with van der Waals surface area (Å²) in [6.07, 6.45) is -2.16. The van der Waals surface area contributed by atoms with Crippen LogP contribution in [0.2, 0.25) is 0 Å². The summed E-state index contributed by atoms with van der Waals surface area (Å²) in [6.45, 7) is 2.52. The first-order valence-corrected chi connectivity index (χ1v) is 8.31. The molecule has 1 aromatic carbocycles. The van der Waals surface area contributed by atoms with Crippen molar-refractivity contribution in [3.05, 3.63) is 29.8 Å². The standard InChI is InChI=1S/C17H22F3N3O/c18-17(19,20)13-2-1-3-15(10-13)22-7-4-12(5-8-22)16(24)23-9-6-14(21)11-23/h1-3,10,12,14H,4-9,11,21H2. The van der Waals surface area contributed by atoms with Crippen LogP contribution in [0.4, 0.5) is 18.9 Å². The third-order valence-electron chi connectivity index (χ3n) is 4.92. The van der Waals surface area contributed by atoms with Crippen molar-refractivity contribution < 1.29 is 18.0 Å². The number of piperidine rings is 1. The first-order chi connectivity index (χ1) is 11.3. The lowest BCUT2D eigenvalue weighted by molar-refractivity contribution is -0.137. The number of benzene rings is 1. The van der Waals surface area contributed by atoms with Gasteiger partial charge in [-0.15, -0.1) is 0 Å². The molecule has 132 valence electrons. The molecule has 2 aliphatic rings. The van der Waals surface area contributed by atoms with E-state index in [0.717, 1.165) is 12.5 Å². The Hall–Kier alpha value is -1.76. The highest BCUT2D eigenvalue weighted by Crippen LogP contribution is 2.33. The maximum Gasteiger partial charge on any atom is 0.416 e. The molecule has 0 saturated carbocycles. The molecule has 3 rings (SSSR count). The SMILES string of the molecule is NC1CCN(C(=O)C2CCN(c3cccc(C(F)(F)F)c3)CC2)C1. The number of hydrogen-bond donors (Lipinski definition) is 1. The lowest BCUT2D eigenvalue weighted by Crippen LogP contribution is -2.42. The first-order valence-electron chi connectivity index (χ1n) is 8.31. The number of rotatable bonds is 2. The minimum Gasteiger partial charge on any atom is -0.371 e. The van der Waals surface area contributed by atoms with Gasteiger partial charge in [-0.05, 0) is 37.5 Å². The van der Waals surface area contributed by atoms with Gasteiger partial charge >= 0.3 is 6.18 Å². The quantitative estimate of drug-likeness (QED) is 0.899. The molecule has 0 bridgehead atoms. The van der Waals surface area contributed by atoms with Crippen LogP contribution in [0.5, 0.6) is 0 Å². The van der Waals surface area contributed by atoms with Crippen molar-refractivity contribution in [1.29, 1.82) is 0 Å². The van der Waals surface area contributed by atoms with E-state index in [1.165, 1.54) is 12.1 Å². The summed E-state index contributed by atoms with van der Waals surface area (Å²) in [6, 6.07) is 5.45. The monoisotopic (exact) mass is 341 g/mol. The fourth-order valence-corrected chi connectivity index (χ4v) is 3.51. The zero-order valence-corrected chi connectivity index (χ0v) is 13.4. The minimum absolute atomic E-state index is 0.0441.